The van der Waals surface area contributed by atoms with Crippen LogP contribution in [-0.2, 0) is 22.9 Å². The lowest BCUT2D eigenvalue weighted by Gasteiger charge is -2.22. The molecular weight excluding hydrogens is 468 g/mol. The molecule has 1 amide bonds. The topological polar surface area (TPSA) is 75.3 Å². The number of fused-ring (bicyclic) bond motifs is 1. The number of anilines is 1. The number of carbonyl (C=O) groups excluding carboxylic acids is 1. The number of carbonyl (C=O) groups is 1. The summed E-state index contributed by atoms with van der Waals surface area (Å²) in [6, 6.07) is 17.4. The van der Waals surface area contributed by atoms with Crippen molar-refractivity contribution in [2.75, 3.05) is 4.72 Å². The second-order valence-electron chi connectivity index (χ2n) is 8.78. The fourth-order valence-corrected chi connectivity index (χ4v) is 5.57. The summed E-state index contributed by atoms with van der Waals surface area (Å²) in [4.78, 5) is 13.3. The van der Waals surface area contributed by atoms with Gasteiger partial charge in [0.2, 0.25) is 0 Å². The van der Waals surface area contributed by atoms with Gasteiger partial charge in [-0.05, 0) is 86.1 Å². The van der Waals surface area contributed by atoms with Crippen molar-refractivity contribution >= 4 is 33.2 Å². The molecule has 0 unspecified atom stereocenters. The normalized spacial score (nSPS) is 14.2. The molecule has 0 saturated heterocycles. The maximum absolute atomic E-state index is 13.1. The fraction of sp³-hybridized carbons (Fsp3) is 0.296. The van der Waals surface area contributed by atoms with Gasteiger partial charge in [-0.25, -0.2) is 8.42 Å². The van der Waals surface area contributed by atoms with Gasteiger partial charge in [0.15, 0.2) is 0 Å². The minimum absolute atomic E-state index is 0.150. The molecule has 5 nitrogen and oxygen atoms in total. The van der Waals surface area contributed by atoms with Gasteiger partial charge in [-0.15, -0.1) is 0 Å². The van der Waals surface area contributed by atoms with Crippen molar-refractivity contribution in [1.82, 2.24) is 5.32 Å². The summed E-state index contributed by atoms with van der Waals surface area (Å²) in [7, 11) is -3.79. The summed E-state index contributed by atoms with van der Waals surface area (Å²) in [6.07, 6.45) is 5.33. The standard InChI is InChI=1S/C27H29ClN2O3S/c1-3-26(21-11-10-19-6-4-5-7-20(19)16-21)29-27(31)24-17-22(12-15-25(24)28)30-34(32,33)23-13-8-18(2)9-14-23/h8-17,26,30H,3-7H2,1-2H3,(H,29,31)/t26-/m1/s1. The monoisotopic (exact) mass is 496 g/mol. The molecule has 0 heterocycles. The molecule has 0 spiro atoms. The van der Waals surface area contributed by atoms with Crippen LogP contribution in [0.4, 0.5) is 5.69 Å². The Labute approximate surface area is 206 Å². The van der Waals surface area contributed by atoms with E-state index in [2.05, 4.69) is 28.2 Å². The predicted molar refractivity (Wildman–Crippen MR) is 137 cm³/mol. The molecule has 178 valence electrons. The molecule has 7 heteroatoms. The number of amides is 1. The molecule has 4 rings (SSSR count). The van der Waals surface area contributed by atoms with Gasteiger partial charge in [-0.2, -0.15) is 0 Å². The number of sulfonamides is 1. The quantitative estimate of drug-likeness (QED) is 0.408. The molecule has 3 aromatic rings. The average Bonchev–Trinajstić information content (AvgIpc) is 2.83. The Morgan fingerprint density at radius 1 is 0.971 bits per heavy atom. The summed E-state index contributed by atoms with van der Waals surface area (Å²) in [5, 5.41) is 3.33. The van der Waals surface area contributed by atoms with E-state index in [4.69, 9.17) is 11.6 Å². The fourth-order valence-electron chi connectivity index (χ4n) is 4.32. The Kier molecular flexibility index (Phi) is 7.29. The van der Waals surface area contributed by atoms with E-state index in [9.17, 15) is 13.2 Å². The lowest BCUT2D eigenvalue weighted by atomic mass is 9.88. The first-order chi connectivity index (χ1) is 16.3. The van der Waals surface area contributed by atoms with Crippen LogP contribution in [0, 0.1) is 6.92 Å². The SMILES string of the molecule is CC[C@@H](NC(=O)c1cc(NS(=O)(=O)c2ccc(C)cc2)ccc1Cl)c1ccc2c(c1)CCCC2. The number of rotatable bonds is 7. The Balaban J connectivity index is 1.54. The van der Waals surface area contributed by atoms with Crippen LogP contribution in [0.25, 0.3) is 0 Å². The maximum atomic E-state index is 13.1. The second kappa shape index (κ2) is 10.2. The maximum Gasteiger partial charge on any atom is 0.261 e. The Morgan fingerprint density at radius 3 is 2.38 bits per heavy atom. The molecule has 3 aromatic carbocycles. The molecule has 0 saturated carbocycles. The van der Waals surface area contributed by atoms with Crippen LogP contribution in [0.15, 0.2) is 65.6 Å². The van der Waals surface area contributed by atoms with Crippen molar-refractivity contribution < 1.29 is 13.2 Å². The first kappa shape index (κ1) is 24.3. The van der Waals surface area contributed by atoms with E-state index in [-0.39, 0.29) is 33.1 Å². The van der Waals surface area contributed by atoms with Gasteiger partial charge in [0.05, 0.1) is 21.5 Å². The first-order valence-corrected chi connectivity index (χ1v) is 13.4. The third kappa shape index (κ3) is 5.45. The number of aryl methyl sites for hydroxylation is 3. The van der Waals surface area contributed by atoms with Gasteiger partial charge in [0, 0.05) is 5.69 Å². The van der Waals surface area contributed by atoms with Crippen molar-refractivity contribution in [2.45, 2.75) is 56.9 Å². The number of hydrogen-bond donors (Lipinski definition) is 2. The van der Waals surface area contributed by atoms with Crippen LogP contribution in [0.2, 0.25) is 5.02 Å². The Hall–Kier alpha value is -2.83. The van der Waals surface area contributed by atoms with E-state index in [1.165, 1.54) is 36.1 Å². The molecule has 0 aliphatic heterocycles. The Bertz CT molecular complexity index is 1300. The molecule has 1 aliphatic rings. The van der Waals surface area contributed by atoms with Crippen molar-refractivity contribution in [3.63, 3.8) is 0 Å². The molecule has 0 aromatic heterocycles. The van der Waals surface area contributed by atoms with Gasteiger partial charge in [-0.1, -0.05) is 54.4 Å². The Morgan fingerprint density at radius 2 is 1.68 bits per heavy atom. The van der Waals surface area contributed by atoms with Crippen LogP contribution in [0.1, 0.15) is 64.8 Å². The van der Waals surface area contributed by atoms with Gasteiger partial charge in [0.25, 0.3) is 15.9 Å². The molecule has 2 N–H and O–H groups in total. The van der Waals surface area contributed by atoms with Gasteiger partial charge < -0.3 is 5.32 Å². The second-order valence-corrected chi connectivity index (χ2v) is 10.9. The molecule has 0 bridgehead atoms. The number of nitrogens with one attached hydrogen (secondary N) is 2. The van der Waals surface area contributed by atoms with Crippen molar-refractivity contribution in [1.29, 1.82) is 0 Å². The van der Waals surface area contributed by atoms with Crippen molar-refractivity contribution in [3.8, 4) is 0 Å². The lowest BCUT2D eigenvalue weighted by molar-refractivity contribution is 0.0935. The van der Waals surface area contributed by atoms with Gasteiger partial charge in [-0.3, -0.25) is 9.52 Å². The largest absolute Gasteiger partial charge is 0.345 e. The zero-order valence-electron chi connectivity index (χ0n) is 19.4. The van der Waals surface area contributed by atoms with Crippen LogP contribution in [0.5, 0.6) is 0 Å². The molecular formula is C27H29ClN2O3S. The molecule has 34 heavy (non-hydrogen) atoms. The van der Waals surface area contributed by atoms with Crippen LogP contribution in [-0.4, -0.2) is 14.3 Å². The van der Waals surface area contributed by atoms with Gasteiger partial charge >= 0.3 is 0 Å². The van der Waals surface area contributed by atoms with Crippen molar-refractivity contribution in [3.05, 3.63) is 93.5 Å². The smallest absolute Gasteiger partial charge is 0.261 e. The summed E-state index contributed by atoms with van der Waals surface area (Å²) >= 11 is 6.33. The molecule has 1 aliphatic carbocycles. The summed E-state index contributed by atoms with van der Waals surface area (Å²) in [5.41, 5.74) is 5.30. The number of benzene rings is 3. The average molecular weight is 497 g/mol. The zero-order chi connectivity index (χ0) is 24.3. The van der Waals surface area contributed by atoms with E-state index in [1.807, 2.05) is 13.8 Å². The first-order valence-electron chi connectivity index (χ1n) is 11.6. The van der Waals surface area contributed by atoms with Crippen molar-refractivity contribution in [2.24, 2.45) is 0 Å². The third-order valence-electron chi connectivity index (χ3n) is 6.28. The highest BCUT2D eigenvalue weighted by molar-refractivity contribution is 7.92. The van der Waals surface area contributed by atoms with E-state index >= 15 is 0 Å². The van der Waals surface area contributed by atoms with Crippen LogP contribution >= 0.6 is 11.6 Å². The minimum Gasteiger partial charge on any atom is -0.345 e. The number of hydrogen-bond acceptors (Lipinski definition) is 3. The van der Waals surface area contributed by atoms with E-state index in [0.717, 1.165) is 30.4 Å². The third-order valence-corrected chi connectivity index (χ3v) is 8.01. The molecule has 0 radical (unpaired) electrons. The highest BCUT2D eigenvalue weighted by Crippen LogP contribution is 2.28. The van der Waals surface area contributed by atoms with E-state index in [0.29, 0.717) is 0 Å². The lowest BCUT2D eigenvalue weighted by Crippen LogP contribution is -2.28. The molecule has 1 atom stereocenters. The van der Waals surface area contributed by atoms with Crippen LogP contribution in [0.3, 0.4) is 0 Å². The summed E-state index contributed by atoms with van der Waals surface area (Å²) in [5.74, 6) is -0.342. The molecule has 0 fully saturated rings. The summed E-state index contributed by atoms with van der Waals surface area (Å²) < 4.78 is 28.1. The number of halogens is 1. The van der Waals surface area contributed by atoms with Gasteiger partial charge in [0.1, 0.15) is 0 Å². The van der Waals surface area contributed by atoms with E-state index < -0.39 is 10.0 Å². The van der Waals surface area contributed by atoms with E-state index in [1.54, 1.807) is 30.3 Å². The highest BCUT2D eigenvalue weighted by atomic mass is 35.5. The minimum atomic E-state index is -3.79. The van der Waals surface area contributed by atoms with Crippen LogP contribution < -0.4 is 10.0 Å². The zero-order valence-corrected chi connectivity index (χ0v) is 21.0. The predicted octanol–water partition coefficient (Wildman–Crippen LogP) is 6.21. The highest BCUT2D eigenvalue weighted by Gasteiger charge is 2.20. The summed E-state index contributed by atoms with van der Waals surface area (Å²) in [6.45, 7) is 3.92.